The SMILES string of the molecule is CC(=N)/C(=C(/C)N)c1ccc2c(c1)CC1(CC2)CN=C(N)N1. The number of benzene rings is 1. The first-order chi connectivity index (χ1) is 10.4. The van der Waals surface area contributed by atoms with Gasteiger partial charge in [0.15, 0.2) is 5.96 Å². The van der Waals surface area contributed by atoms with E-state index in [1.165, 1.54) is 11.1 Å². The molecule has 22 heavy (non-hydrogen) atoms. The monoisotopic (exact) mass is 297 g/mol. The highest BCUT2D eigenvalue weighted by Crippen LogP contribution is 2.33. The van der Waals surface area contributed by atoms with Crippen LogP contribution >= 0.6 is 0 Å². The summed E-state index contributed by atoms with van der Waals surface area (Å²) < 4.78 is 0. The van der Waals surface area contributed by atoms with Crippen LogP contribution in [0, 0.1) is 5.41 Å². The molecule has 1 aromatic rings. The van der Waals surface area contributed by atoms with Crippen LogP contribution in [-0.4, -0.2) is 23.8 Å². The van der Waals surface area contributed by atoms with Gasteiger partial charge in [-0.05, 0) is 49.8 Å². The first-order valence-electron chi connectivity index (χ1n) is 7.62. The lowest BCUT2D eigenvalue weighted by Crippen LogP contribution is -2.51. The van der Waals surface area contributed by atoms with Gasteiger partial charge in [0.05, 0.1) is 12.1 Å². The molecule has 0 aromatic heterocycles. The summed E-state index contributed by atoms with van der Waals surface area (Å²) in [4.78, 5) is 4.32. The summed E-state index contributed by atoms with van der Waals surface area (Å²) in [7, 11) is 0. The van der Waals surface area contributed by atoms with E-state index in [9.17, 15) is 0 Å². The average Bonchev–Trinajstić information content (AvgIpc) is 2.78. The Morgan fingerprint density at radius 1 is 1.32 bits per heavy atom. The fraction of sp³-hybridized carbons (Fsp3) is 0.412. The fourth-order valence-corrected chi connectivity index (χ4v) is 3.59. The van der Waals surface area contributed by atoms with Crippen molar-refractivity contribution in [1.29, 1.82) is 5.41 Å². The number of nitrogens with one attached hydrogen (secondary N) is 2. The van der Waals surface area contributed by atoms with Gasteiger partial charge in [-0.3, -0.25) is 4.99 Å². The average molecular weight is 297 g/mol. The zero-order valence-electron chi connectivity index (χ0n) is 13.2. The smallest absolute Gasteiger partial charge is 0.189 e. The quantitative estimate of drug-likeness (QED) is 0.623. The third kappa shape index (κ3) is 2.47. The molecule has 1 aromatic carbocycles. The van der Waals surface area contributed by atoms with Crippen molar-refractivity contribution in [2.75, 3.05) is 6.54 Å². The molecule has 116 valence electrons. The predicted molar refractivity (Wildman–Crippen MR) is 91.0 cm³/mol. The first kappa shape index (κ1) is 14.6. The second-order valence-corrected chi connectivity index (χ2v) is 6.45. The number of nitrogens with two attached hydrogens (primary N) is 2. The van der Waals surface area contributed by atoms with Crippen molar-refractivity contribution in [2.24, 2.45) is 16.5 Å². The zero-order chi connectivity index (χ0) is 15.9. The van der Waals surface area contributed by atoms with Crippen molar-refractivity contribution in [3.63, 3.8) is 0 Å². The minimum atomic E-state index is -0.0307. The number of guanidine groups is 1. The van der Waals surface area contributed by atoms with Gasteiger partial charge in [0, 0.05) is 17.0 Å². The molecule has 1 heterocycles. The minimum Gasteiger partial charge on any atom is -0.402 e. The normalized spacial score (nSPS) is 24.4. The van der Waals surface area contributed by atoms with E-state index in [0.29, 0.717) is 17.4 Å². The molecule has 0 bridgehead atoms. The highest BCUT2D eigenvalue weighted by Gasteiger charge is 2.37. The van der Waals surface area contributed by atoms with Crippen LogP contribution in [0.15, 0.2) is 28.9 Å². The molecule has 2 aliphatic rings. The minimum absolute atomic E-state index is 0.0307. The van der Waals surface area contributed by atoms with Crippen LogP contribution in [0.5, 0.6) is 0 Å². The molecular weight excluding hydrogens is 274 g/mol. The molecule has 1 aliphatic heterocycles. The number of nitrogens with zero attached hydrogens (tertiary/aromatic N) is 1. The van der Waals surface area contributed by atoms with E-state index in [4.69, 9.17) is 16.9 Å². The Bertz CT molecular complexity index is 697. The zero-order valence-corrected chi connectivity index (χ0v) is 13.2. The number of fused-ring (bicyclic) bond motifs is 1. The van der Waals surface area contributed by atoms with E-state index in [0.717, 1.165) is 36.9 Å². The van der Waals surface area contributed by atoms with Gasteiger partial charge < -0.3 is 22.2 Å². The van der Waals surface area contributed by atoms with E-state index in [2.05, 4.69) is 28.5 Å². The van der Waals surface area contributed by atoms with Gasteiger partial charge in [-0.25, -0.2) is 0 Å². The number of aryl methyl sites for hydroxylation is 1. The predicted octanol–water partition coefficient (Wildman–Crippen LogP) is 1.56. The highest BCUT2D eigenvalue weighted by atomic mass is 15.2. The summed E-state index contributed by atoms with van der Waals surface area (Å²) in [5.74, 6) is 0.549. The molecule has 1 aliphatic carbocycles. The van der Waals surface area contributed by atoms with E-state index in [1.807, 2.05) is 6.92 Å². The lowest BCUT2D eigenvalue weighted by atomic mass is 9.77. The van der Waals surface area contributed by atoms with E-state index < -0.39 is 0 Å². The van der Waals surface area contributed by atoms with Crippen molar-refractivity contribution in [1.82, 2.24) is 5.32 Å². The van der Waals surface area contributed by atoms with Gasteiger partial charge in [0.2, 0.25) is 0 Å². The molecule has 0 amide bonds. The molecule has 1 atom stereocenters. The number of aliphatic imine (C=N–C) groups is 1. The van der Waals surface area contributed by atoms with Crippen LogP contribution in [0.2, 0.25) is 0 Å². The molecule has 1 unspecified atom stereocenters. The van der Waals surface area contributed by atoms with E-state index >= 15 is 0 Å². The molecule has 0 fully saturated rings. The molecule has 0 radical (unpaired) electrons. The maximum Gasteiger partial charge on any atom is 0.189 e. The van der Waals surface area contributed by atoms with Gasteiger partial charge in [-0.2, -0.15) is 0 Å². The van der Waals surface area contributed by atoms with Gasteiger partial charge in [0.1, 0.15) is 0 Å². The molecule has 0 saturated carbocycles. The Kier molecular flexibility index (Phi) is 3.43. The van der Waals surface area contributed by atoms with Gasteiger partial charge in [0.25, 0.3) is 0 Å². The lowest BCUT2D eigenvalue weighted by Gasteiger charge is -2.35. The molecular formula is C17H23N5. The Balaban J connectivity index is 1.96. The summed E-state index contributed by atoms with van der Waals surface area (Å²) in [5, 5.41) is 11.3. The fourth-order valence-electron chi connectivity index (χ4n) is 3.59. The Hall–Kier alpha value is -2.30. The van der Waals surface area contributed by atoms with Crippen molar-refractivity contribution >= 4 is 17.2 Å². The summed E-state index contributed by atoms with van der Waals surface area (Å²) in [6.45, 7) is 4.37. The van der Waals surface area contributed by atoms with E-state index in [1.54, 1.807) is 6.92 Å². The van der Waals surface area contributed by atoms with Crippen molar-refractivity contribution in [3.8, 4) is 0 Å². The maximum atomic E-state index is 7.96. The van der Waals surface area contributed by atoms with Gasteiger partial charge >= 0.3 is 0 Å². The first-order valence-corrected chi connectivity index (χ1v) is 7.62. The summed E-state index contributed by atoms with van der Waals surface area (Å²) in [6.07, 6.45) is 2.98. The molecule has 5 nitrogen and oxygen atoms in total. The highest BCUT2D eigenvalue weighted by molar-refractivity contribution is 6.21. The summed E-state index contributed by atoms with van der Waals surface area (Å²) in [6, 6.07) is 6.42. The molecule has 0 saturated heterocycles. The second-order valence-electron chi connectivity index (χ2n) is 6.45. The Morgan fingerprint density at radius 2 is 2.09 bits per heavy atom. The number of hydrogen-bond acceptors (Lipinski definition) is 5. The second kappa shape index (κ2) is 5.16. The summed E-state index contributed by atoms with van der Waals surface area (Å²) >= 11 is 0. The molecule has 6 N–H and O–H groups in total. The largest absolute Gasteiger partial charge is 0.402 e. The molecule has 5 heteroatoms. The van der Waals surface area contributed by atoms with Crippen LogP contribution < -0.4 is 16.8 Å². The van der Waals surface area contributed by atoms with Crippen molar-refractivity contribution in [3.05, 3.63) is 40.6 Å². The molecule has 3 rings (SSSR count). The Labute approximate surface area is 131 Å². The van der Waals surface area contributed by atoms with E-state index in [-0.39, 0.29) is 5.54 Å². The maximum absolute atomic E-state index is 7.96. The van der Waals surface area contributed by atoms with Crippen molar-refractivity contribution in [2.45, 2.75) is 38.6 Å². The number of hydrogen-bond donors (Lipinski definition) is 4. The van der Waals surface area contributed by atoms with Crippen molar-refractivity contribution < 1.29 is 0 Å². The third-order valence-electron chi connectivity index (χ3n) is 4.61. The number of rotatable bonds is 2. The van der Waals surface area contributed by atoms with Crippen LogP contribution in [0.25, 0.3) is 5.57 Å². The summed E-state index contributed by atoms with van der Waals surface area (Å²) in [5.41, 5.74) is 17.5. The lowest BCUT2D eigenvalue weighted by molar-refractivity contribution is 0.361. The van der Waals surface area contributed by atoms with Gasteiger partial charge in [-0.1, -0.05) is 18.2 Å². The van der Waals surface area contributed by atoms with Crippen LogP contribution in [0.1, 0.15) is 37.0 Å². The Morgan fingerprint density at radius 3 is 2.68 bits per heavy atom. The standard InChI is InChI=1S/C17H23N5/c1-10(18)15(11(2)19)13-4-3-12-5-6-17(8-14(12)7-13)9-21-16(20)22-17/h3-4,7,18H,5-6,8-9,19H2,1-2H3,(H3,20,21,22)/b15-11+,18-10?. The number of allylic oxidation sites excluding steroid dienone is 2. The van der Waals surface area contributed by atoms with Crippen LogP contribution in [0.3, 0.4) is 0 Å². The van der Waals surface area contributed by atoms with Crippen LogP contribution in [0.4, 0.5) is 0 Å². The van der Waals surface area contributed by atoms with Crippen LogP contribution in [-0.2, 0) is 12.8 Å². The topological polar surface area (TPSA) is 100 Å². The van der Waals surface area contributed by atoms with Gasteiger partial charge in [-0.15, -0.1) is 0 Å². The third-order valence-corrected chi connectivity index (χ3v) is 4.61. The molecule has 1 spiro atoms.